The molecule has 1 heterocycles. The third-order valence-corrected chi connectivity index (χ3v) is 4.35. The van der Waals surface area contributed by atoms with Gasteiger partial charge in [0.25, 0.3) is 5.91 Å². The van der Waals surface area contributed by atoms with Crippen LogP contribution in [0.25, 0.3) is 11.1 Å². The second-order valence-electron chi connectivity index (χ2n) is 6.11. The molecule has 1 atom stereocenters. The van der Waals surface area contributed by atoms with Crippen molar-refractivity contribution in [3.63, 3.8) is 0 Å². The van der Waals surface area contributed by atoms with Crippen LogP contribution in [0.4, 0.5) is 4.39 Å². The molecule has 0 saturated carbocycles. The fourth-order valence-electron chi connectivity index (χ4n) is 2.91. The number of carbonyl (C=O) groups excluding carboxylic acids is 1. The zero-order chi connectivity index (χ0) is 16.4. The van der Waals surface area contributed by atoms with E-state index in [9.17, 15) is 9.18 Å². The summed E-state index contributed by atoms with van der Waals surface area (Å²) < 4.78 is 14.5. The maximum Gasteiger partial charge on any atom is 0.257 e. The van der Waals surface area contributed by atoms with Crippen LogP contribution in [0.2, 0.25) is 0 Å². The van der Waals surface area contributed by atoms with E-state index < -0.39 is 5.82 Å². The first-order chi connectivity index (χ1) is 11.1. The Hall–Kier alpha value is -1.91. The Labute approximate surface area is 148 Å². The Balaban J connectivity index is 0.00000208. The van der Waals surface area contributed by atoms with Crippen molar-refractivity contribution in [2.45, 2.75) is 19.9 Å². The molecule has 0 aliphatic carbocycles. The van der Waals surface area contributed by atoms with Crippen molar-refractivity contribution in [3.05, 3.63) is 59.4 Å². The average Bonchev–Trinajstić information content (AvgIpc) is 2.55. The minimum atomic E-state index is -0.459. The molecule has 0 bridgehead atoms. The summed E-state index contributed by atoms with van der Waals surface area (Å²) >= 11 is 0. The predicted octanol–water partition coefficient (Wildman–Crippen LogP) is 3.66. The van der Waals surface area contributed by atoms with Crippen LogP contribution in [0.3, 0.4) is 0 Å². The Morgan fingerprint density at radius 3 is 2.46 bits per heavy atom. The molecule has 2 aromatic rings. The van der Waals surface area contributed by atoms with Crippen molar-refractivity contribution in [2.75, 3.05) is 19.6 Å². The molecule has 2 aromatic carbocycles. The van der Waals surface area contributed by atoms with Crippen molar-refractivity contribution >= 4 is 18.3 Å². The highest BCUT2D eigenvalue weighted by atomic mass is 35.5. The second kappa shape index (κ2) is 7.77. The molecular formula is C19H22ClFN2O. The number of nitrogens with zero attached hydrogens (tertiary/aromatic N) is 1. The quantitative estimate of drug-likeness (QED) is 0.898. The Morgan fingerprint density at radius 1 is 1.17 bits per heavy atom. The number of benzene rings is 2. The molecule has 0 unspecified atom stereocenters. The zero-order valence-corrected chi connectivity index (χ0v) is 14.7. The first-order valence-electron chi connectivity index (χ1n) is 7.94. The van der Waals surface area contributed by atoms with Crippen LogP contribution in [-0.2, 0) is 0 Å². The molecule has 24 heavy (non-hydrogen) atoms. The van der Waals surface area contributed by atoms with Gasteiger partial charge in [-0.1, -0.05) is 35.9 Å². The summed E-state index contributed by atoms with van der Waals surface area (Å²) in [7, 11) is 0. The lowest BCUT2D eigenvalue weighted by Gasteiger charge is -2.34. The Morgan fingerprint density at radius 2 is 1.83 bits per heavy atom. The largest absolute Gasteiger partial charge is 0.333 e. The van der Waals surface area contributed by atoms with Crippen LogP contribution in [0, 0.1) is 12.7 Å². The van der Waals surface area contributed by atoms with Gasteiger partial charge in [0.15, 0.2) is 0 Å². The summed E-state index contributed by atoms with van der Waals surface area (Å²) in [5.41, 5.74) is 3.04. The van der Waals surface area contributed by atoms with E-state index in [1.807, 2.05) is 44.2 Å². The molecule has 1 fully saturated rings. The van der Waals surface area contributed by atoms with Crippen LogP contribution < -0.4 is 5.32 Å². The van der Waals surface area contributed by atoms with E-state index in [2.05, 4.69) is 5.32 Å². The van der Waals surface area contributed by atoms with Crippen molar-refractivity contribution in [1.82, 2.24) is 10.2 Å². The van der Waals surface area contributed by atoms with Crippen LogP contribution in [0.5, 0.6) is 0 Å². The van der Waals surface area contributed by atoms with E-state index in [-0.39, 0.29) is 29.9 Å². The molecule has 1 aliphatic rings. The van der Waals surface area contributed by atoms with Crippen LogP contribution in [-0.4, -0.2) is 36.5 Å². The van der Waals surface area contributed by atoms with Gasteiger partial charge in [-0.05, 0) is 37.1 Å². The summed E-state index contributed by atoms with van der Waals surface area (Å²) in [6.45, 7) is 6.09. The maximum atomic E-state index is 14.5. The number of hydrogen-bond acceptors (Lipinski definition) is 2. The molecule has 0 radical (unpaired) electrons. The number of aryl methyl sites for hydroxylation is 1. The van der Waals surface area contributed by atoms with Gasteiger partial charge in [-0.25, -0.2) is 4.39 Å². The van der Waals surface area contributed by atoms with Gasteiger partial charge >= 0.3 is 0 Å². The van der Waals surface area contributed by atoms with Gasteiger partial charge < -0.3 is 10.2 Å². The first kappa shape index (κ1) is 18.4. The fourth-order valence-corrected chi connectivity index (χ4v) is 2.91. The lowest BCUT2D eigenvalue weighted by atomic mass is 10.0. The Bertz CT molecular complexity index is 718. The van der Waals surface area contributed by atoms with E-state index in [1.165, 1.54) is 6.07 Å². The third kappa shape index (κ3) is 3.77. The molecule has 0 aromatic heterocycles. The van der Waals surface area contributed by atoms with Crippen LogP contribution >= 0.6 is 12.4 Å². The number of nitrogens with one attached hydrogen (secondary N) is 1. The van der Waals surface area contributed by atoms with Crippen molar-refractivity contribution < 1.29 is 9.18 Å². The topological polar surface area (TPSA) is 32.3 Å². The van der Waals surface area contributed by atoms with Crippen molar-refractivity contribution in [3.8, 4) is 11.1 Å². The van der Waals surface area contributed by atoms with Gasteiger partial charge in [-0.3, -0.25) is 4.79 Å². The highest BCUT2D eigenvalue weighted by Gasteiger charge is 2.26. The summed E-state index contributed by atoms with van der Waals surface area (Å²) in [4.78, 5) is 14.3. The summed E-state index contributed by atoms with van der Waals surface area (Å²) in [5.74, 6) is -0.689. The maximum absolute atomic E-state index is 14.5. The molecule has 0 spiro atoms. The van der Waals surface area contributed by atoms with Crippen molar-refractivity contribution in [2.24, 2.45) is 0 Å². The van der Waals surface area contributed by atoms with Gasteiger partial charge in [-0.15, -0.1) is 12.4 Å². The van der Waals surface area contributed by atoms with Gasteiger partial charge in [0.2, 0.25) is 0 Å². The van der Waals surface area contributed by atoms with Crippen molar-refractivity contribution in [1.29, 1.82) is 0 Å². The fraction of sp³-hybridized carbons (Fsp3) is 0.316. The number of carbonyl (C=O) groups is 1. The number of amides is 1. The molecule has 3 rings (SSSR count). The van der Waals surface area contributed by atoms with Crippen LogP contribution in [0.1, 0.15) is 22.8 Å². The van der Waals surface area contributed by atoms with Gasteiger partial charge in [-0.2, -0.15) is 0 Å². The molecule has 1 N–H and O–H groups in total. The minimum absolute atomic E-state index is 0. The highest BCUT2D eigenvalue weighted by Crippen LogP contribution is 2.23. The van der Waals surface area contributed by atoms with E-state index in [4.69, 9.17) is 0 Å². The lowest BCUT2D eigenvalue weighted by Crippen LogP contribution is -2.52. The number of halogens is 2. The van der Waals surface area contributed by atoms with Gasteiger partial charge in [0.1, 0.15) is 5.82 Å². The summed E-state index contributed by atoms with van der Waals surface area (Å²) in [6, 6.07) is 12.9. The number of rotatable bonds is 2. The standard InChI is InChI=1S/C19H21FN2O.ClH/c1-13-3-5-15(6-4-13)16-7-8-17(18(20)11-16)19(23)22-10-9-21-12-14(22)2;/h3-8,11,14,21H,9-10,12H2,1-2H3;1H/t14-;/m1./s1. The third-order valence-electron chi connectivity index (χ3n) is 4.35. The van der Waals surface area contributed by atoms with Gasteiger partial charge in [0, 0.05) is 25.7 Å². The van der Waals surface area contributed by atoms with E-state index >= 15 is 0 Å². The number of hydrogen-bond donors (Lipinski definition) is 1. The van der Waals surface area contributed by atoms with E-state index in [0.29, 0.717) is 6.54 Å². The smallest absolute Gasteiger partial charge is 0.257 e. The molecule has 1 amide bonds. The minimum Gasteiger partial charge on any atom is -0.333 e. The zero-order valence-electron chi connectivity index (χ0n) is 13.9. The second-order valence-corrected chi connectivity index (χ2v) is 6.11. The van der Waals surface area contributed by atoms with Crippen LogP contribution in [0.15, 0.2) is 42.5 Å². The predicted molar refractivity (Wildman–Crippen MR) is 97.2 cm³/mol. The lowest BCUT2D eigenvalue weighted by molar-refractivity contribution is 0.0651. The summed E-state index contributed by atoms with van der Waals surface area (Å²) in [6.07, 6.45) is 0. The molecule has 1 saturated heterocycles. The first-order valence-corrected chi connectivity index (χ1v) is 7.94. The average molecular weight is 349 g/mol. The Kier molecular flexibility index (Phi) is 5.97. The normalized spacial score (nSPS) is 17.3. The van der Waals surface area contributed by atoms with E-state index in [1.54, 1.807) is 11.0 Å². The molecule has 3 nitrogen and oxygen atoms in total. The highest BCUT2D eigenvalue weighted by molar-refractivity contribution is 5.95. The molecule has 128 valence electrons. The van der Waals surface area contributed by atoms with Gasteiger partial charge in [0.05, 0.1) is 5.56 Å². The molecule has 1 aliphatic heterocycles. The monoisotopic (exact) mass is 348 g/mol. The summed E-state index contributed by atoms with van der Waals surface area (Å²) in [5, 5.41) is 3.23. The molecular weight excluding hydrogens is 327 g/mol. The van der Waals surface area contributed by atoms with E-state index in [0.717, 1.165) is 29.8 Å². The number of piperazine rings is 1. The SMILES string of the molecule is Cc1ccc(-c2ccc(C(=O)N3CCNC[C@H]3C)c(F)c2)cc1.Cl. The molecule has 5 heteroatoms.